The van der Waals surface area contributed by atoms with Gasteiger partial charge in [-0.25, -0.2) is 0 Å². The average Bonchev–Trinajstić information content (AvgIpc) is 2.56. The van der Waals surface area contributed by atoms with E-state index in [1.54, 1.807) is 18.3 Å². The maximum absolute atomic E-state index is 2.85. The molecule has 0 atom stereocenters. The molecule has 0 saturated carbocycles. The Bertz CT molecular complexity index is 819. The Hall–Kier alpha value is -0.100. The van der Waals surface area contributed by atoms with Crippen molar-refractivity contribution in [3.05, 3.63) is 65.8 Å². The van der Waals surface area contributed by atoms with E-state index >= 15 is 0 Å². The Kier molecular flexibility index (Phi) is 7.57. The second kappa shape index (κ2) is 8.68. The standard InChI is InChI=1S/C28H42I2/c1-25(2,3)19-15-13-17-21(23(19)27(7,8)9)30(29)22-18-14-16-20(26(4,5)6)24(22)28(10,11)12/h13-18H,1-12H3. The fourth-order valence-electron chi connectivity index (χ4n) is 4.21. The van der Waals surface area contributed by atoms with Gasteiger partial charge in [-0.2, -0.15) is 0 Å². The monoisotopic (exact) mass is 632 g/mol. The van der Waals surface area contributed by atoms with Crippen LogP contribution in [0, 0.1) is 7.14 Å². The number of hydrogen-bond acceptors (Lipinski definition) is 0. The first-order valence-electron chi connectivity index (χ1n) is 11.0. The van der Waals surface area contributed by atoms with Crippen molar-refractivity contribution in [2.75, 3.05) is 0 Å². The minimum absolute atomic E-state index is 0.129. The van der Waals surface area contributed by atoms with Crippen molar-refractivity contribution < 1.29 is 0 Å². The molecule has 0 unspecified atom stereocenters. The van der Waals surface area contributed by atoms with E-state index in [4.69, 9.17) is 0 Å². The Morgan fingerprint density at radius 2 is 0.800 bits per heavy atom. The molecule has 0 heterocycles. The van der Waals surface area contributed by atoms with Gasteiger partial charge in [-0.05, 0) is 0 Å². The van der Waals surface area contributed by atoms with Crippen LogP contribution in [0.2, 0.25) is 0 Å². The van der Waals surface area contributed by atoms with Crippen molar-refractivity contribution in [2.45, 2.75) is 105 Å². The summed E-state index contributed by atoms with van der Waals surface area (Å²) < 4.78 is 3.24. The number of halogens is 2. The first-order valence-corrected chi connectivity index (χ1v) is 19.5. The first-order chi connectivity index (χ1) is 13.4. The van der Waals surface area contributed by atoms with Gasteiger partial charge in [-0.15, -0.1) is 0 Å². The van der Waals surface area contributed by atoms with Gasteiger partial charge in [0.25, 0.3) is 0 Å². The van der Waals surface area contributed by atoms with Crippen LogP contribution in [0.15, 0.2) is 36.4 Å². The van der Waals surface area contributed by atoms with Crippen molar-refractivity contribution in [3.8, 4) is 0 Å². The molecular weight excluding hydrogens is 590 g/mol. The molecule has 0 bridgehead atoms. The van der Waals surface area contributed by atoms with Gasteiger partial charge in [0.15, 0.2) is 0 Å². The van der Waals surface area contributed by atoms with Gasteiger partial charge in [-0.3, -0.25) is 0 Å². The predicted octanol–water partition coefficient (Wildman–Crippen LogP) is 9.77. The zero-order valence-electron chi connectivity index (χ0n) is 21.2. The van der Waals surface area contributed by atoms with E-state index in [-0.39, 0.29) is 21.7 Å². The minimum atomic E-state index is -1.65. The van der Waals surface area contributed by atoms with Crippen LogP contribution < -0.4 is 0 Å². The molecule has 0 aliphatic carbocycles. The van der Waals surface area contributed by atoms with E-state index in [1.807, 2.05) is 0 Å². The summed E-state index contributed by atoms with van der Waals surface area (Å²) in [5.41, 5.74) is 6.73. The molecule has 0 aliphatic heterocycles. The summed E-state index contributed by atoms with van der Waals surface area (Å²) in [4.78, 5) is 0. The molecule has 2 aromatic carbocycles. The molecule has 0 amide bonds. The van der Waals surface area contributed by atoms with Crippen LogP contribution in [0.25, 0.3) is 0 Å². The summed E-state index contributed by atoms with van der Waals surface area (Å²) in [5, 5.41) is 0. The molecule has 0 spiro atoms. The number of hydrogen-bond donors (Lipinski definition) is 0. The van der Waals surface area contributed by atoms with Crippen LogP contribution in [-0.2, 0) is 21.7 Å². The van der Waals surface area contributed by atoms with Crippen molar-refractivity contribution in [3.63, 3.8) is 0 Å². The van der Waals surface area contributed by atoms with E-state index in [9.17, 15) is 0 Å². The molecule has 0 radical (unpaired) electrons. The van der Waals surface area contributed by atoms with Crippen LogP contribution >= 0.6 is 34.5 Å². The molecule has 2 rings (SSSR count). The van der Waals surface area contributed by atoms with Crippen LogP contribution in [0.5, 0.6) is 0 Å². The Balaban J connectivity index is 2.88. The molecule has 168 valence electrons. The van der Waals surface area contributed by atoms with Crippen LogP contribution in [-0.4, -0.2) is 0 Å². The normalized spacial score (nSPS) is 14.1. The average molecular weight is 632 g/mol. The summed E-state index contributed by atoms with van der Waals surface area (Å²) >= 11 is 1.20. The topological polar surface area (TPSA) is 0 Å². The molecule has 2 aromatic rings. The van der Waals surface area contributed by atoms with Gasteiger partial charge in [-0.1, -0.05) is 0 Å². The third-order valence-electron chi connectivity index (χ3n) is 5.50. The van der Waals surface area contributed by atoms with Crippen LogP contribution in [0.4, 0.5) is 0 Å². The van der Waals surface area contributed by atoms with Crippen molar-refractivity contribution in [1.82, 2.24) is 0 Å². The first kappa shape index (κ1) is 26.2. The zero-order chi connectivity index (χ0) is 23.3. The summed E-state index contributed by atoms with van der Waals surface area (Å²) in [6.07, 6.45) is 0. The van der Waals surface area contributed by atoms with Crippen molar-refractivity contribution in [1.29, 1.82) is 0 Å². The molecule has 0 aromatic heterocycles. The summed E-state index contributed by atoms with van der Waals surface area (Å²) in [6.45, 7) is 28.5. The Morgan fingerprint density at radius 3 is 1.03 bits per heavy atom. The van der Waals surface area contributed by atoms with Crippen LogP contribution in [0.3, 0.4) is 0 Å². The second-order valence-corrected chi connectivity index (χ2v) is 21.7. The quantitative estimate of drug-likeness (QED) is 0.289. The molecule has 0 fully saturated rings. The fourth-order valence-corrected chi connectivity index (χ4v) is 13.6. The second-order valence-electron chi connectivity index (χ2n) is 12.6. The Labute approximate surface area is 203 Å². The van der Waals surface area contributed by atoms with Crippen molar-refractivity contribution in [2.24, 2.45) is 0 Å². The Morgan fingerprint density at radius 1 is 0.500 bits per heavy atom. The molecule has 0 N–H and O–H groups in total. The van der Waals surface area contributed by atoms with Gasteiger partial charge < -0.3 is 0 Å². The van der Waals surface area contributed by atoms with Gasteiger partial charge in [0, 0.05) is 0 Å². The predicted molar refractivity (Wildman–Crippen MR) is 153 cm³/mol. The third kappa shape index (κ3) is 5.63. The van der Waals surface area contributed by atoms with E-state index in [1.165, 1.54) is 11.1 Å². The third-order valence-corrected chi connectivity index (χ3v) is 15.2. The number of benzene rings is 2. The molecule has 0 saturated heterocycles. The summed E-state index contributed by atoms with van der Waals surface area (Å²) in [5.74, 6) is 0. The van der Waals surface area contributed by atoms with Crippen LogP contribution in [0.1, 0.15) is 105 Å². The van der Waals surface area contributed by atoms with Gasteiger partial charge in [0.1, 0.15) is 0 Å². The molecule has 30 heavy (non-hydrogen) atoms. The molecular formula is C28H42I2. The van der Waals surface area contributed by atoms with E-state index in [0.29, 0.717) is 0 Å². The molecule has 0 nitrogen and oxygen atoms in total. The zero-order valence-corrected chi connectivity index (χ0v) is 25.5. The maximum atomic E-state index is 2.85. The van der Waals surface area contributed by atoms with Crippen molar-refractivity contribution >= 4 is 34.5 Å². The molecule has 0 aliphatic rings. The summed E-state index contributed by atoms with van der Waals surface area (Å²) in [6, 6.07) is 14.2. The molecule has 2 heteroatoms. The van der Waals surface area contributed by atoms with E-state index in [0.717, 1.165) is 0 Å². The summed E-state index contributed by atoms with van der Waals surface area (Å²) in [7, 11) is 0. The van der Waals surface area contributed by atoms with E-state index in [2.05, 4.69) is 138 Å². The fraction of sp³-hybridized carbons (Fsp3) is 0.571. The van der Waals surface area contributed by atoms with Gasteiger partial charge in [0.2, 0.25) is 0 Å². The van der Waals surface area contributed by atoms with Gasteiger partial charge in [0.05, 0.1) is 0 Å². The van der Waals surface area contributed by atoms with Gasteiger partial charge >= 0.3 is 205 Å². The SMILES string of the molecule is CC(C)(C)c1cccc(I(I)c2cccc(C(C)(C)C)c2C(C)(C)C)c1C(C)(C)C. The van der Waals surface area contributed by atoms with E-state index < -0.39 is 15.8 Å². The number of rotatable bonds is 2.